The first-order chi connectivity index (χ1) is 14.0. The molecule has 3 rings (SSSR count). The van der Waals surface area contributed by atoms with Gasteiger partial charge in [-0.2, -0.15) is 13.2 Å². The molecule has 0 saturated carbocycles. The van der Waals surface area contributed by atoms with Crippen LogP contribution in [0, 0.1) is 0 Å². The lowest BCUT2D eigenvalue weighted by molar-refractivity contribution is -0.154. The molecule has 12 heteroatoms. The van der Waals surface area contributed by atoms with E-state index in [4.69, 9.17) is 4.74 Å². The van der Waals surface area contributed by atoms with Gasteiger partial charge in [-0.25, -0.2) is 9.78 Å². The van der Waals surface area contributed by atoms with Crippen molar-refractivity contribution >= 4 is 36.0 Å². The zero-order valence-electron chi connectivity index (χ0n) is 17.6. The zero-order chi connectivity index (χ0) is 21.9. The Morgan fingerprint density at radius 2 is 2.03 bits per heavy atom. The first kappa shape index (κ1) is 25.3. The Hall–Kier alpha value is -1.99. The van der Waals surface area contributed by atoms with Crippen LogP contribution in [0.5, 0.6) is 5.88 Å². The number of nitrogens with zero attached hydrogens (tertiary/aromatic N) is 4. The van der Waals surface area contributed by atoms with E-state index in [1.54, 1.807) is 11.0 Å². The summed E-state index contributed by atoms with van der Waals surface area (Å²) in [6.07, 6.45) is -3.33. The van der Waals surface area contributed by atoms with E-state index in [1.165, 1.54) is 12.3 Å². The molecule has 2 aliphatic heterocycles. The molecule has 174 valence electrons. The van der Waals surface area contributed by atoms with Gasteiger partial charge in [0.2, 0.25) is 5.88 Å². The number of rotatable bonds is 4. The maximum absolute atomic E-state index is 12.3. The van der Waals surface area contributed by atoms with Crippen LogP contribution in [-0.4, -0.2) is 77.4 Å². The number of aliphatic imine (C=N–C) groups is 1. The Labute approximate surface area is 196 Å². The molecular formula is C19H27F3IN5O3. The van der Waals surface area contributed by atoms with Gasteiger partial charge in [0.15, 0.2) is 12.6 Å². The van der Waals surface area contributed by atoms with Gasteiger partial charge < -0.3 is 24.6 Å². The molecule has 1 aromatic rings. The van der Waals surface area contributed by atoms with Gasteiger partial charge in [0.1, 0.15) is 5.60 Å². The fourth-order valence-corrected chi connectivity index (χ4v) is 3.20. The number of aromatic nitrogens is 1. The summed E-state index contributed by atoms with van der Waals surface area (Å²) >= 11 is 0. The lowest BCUT2D eigenvalue weighted by Crippen LogP contribution is -2.57. The SMILES string of the molecule is CC(C)(C)OC(=O)N1CCN2C(NCc3ccnc(OCC(F)(F)F)c3)=NCC2C1.I. The Bertz CT molecular complexity index is 801. The summed E-state index contributed by atoms with van der Waals surface area (Å²) in [7, 11) is 0. The van der Waals surface area contributed by atoms with Crippen LogP contribution in [0.4, 0.5) is 18.0 Å². The van der Waals surface area contributed by atoms with Crippen LogP contribution >= 0.6 is 24.0 Å². The molecule has 1 fully saturated rings. The predicted octanol–water partition coefficient (Wildman–Crippen LogP) is 3.02. The Morgan fingerprint density at radius 3 is 2.71 bits per heavy atom. The van der Waals surface area contributed by atoms with Crippen LogP contribution in [-0.2, 0) is 11.3 Å². The highest BCUT2D eigenvalue weighted by molar-refractivity contribution is 14.0. The highest BCUT2D eigenvalue weighted by Crippen LogP contribution is 2.20. The van der Waals surface area contributed by atoms with E-state index in [2.05, 4.69) is 24.9 Å². The third-order valence-electron chi connectivity index (χ3n) is 4.49. The van der Waals surface area contributed by atoms with E-state index in [0.717, 1.165) is 5.56 Å². The molecule has 0 radical (unpaired) electrons. The Kier molecular flexibility index (Phi) is 8.22. The minimum atomic E-state index is -4.41. The maximum Gasteiger partial charge on any atom is 0.422 e. The van der Waals surface area contributed by atoms with E-state index >= 15 is 0 Å². The summed E-state index contributed by atoms with van der Waals surface area (Å²) < 4.78 is 47.0. The highest BCUT2D eigenvalue weighted by Gasteiger charge is 2.36. The van der Waals surface area contributed by atoms with E-state index in [-0.39, 0.29) is 42.0 Å². The average molecular weight is 557 g/mol. The number of amides is 1. The monoisotopic (exact) mass is 557 g/mol. The number of halogens is 4. The smallest absolute Gasteiger partial charge is 0.422 e. The normalized spacial score (nSPS) is 18.6. The Balaban J connectivity index is 0.00000341. The van der Waals surface area contributed by atoms with Crippen molar-refractivity contribution in [3.8, 4) is 5.88 Å². The van der Waals surface area contributed by atoms with E-state index in [1.807, 2.05) is 20.8 Å². The molecule has 0 bridgehead atoms. The van der Waals surface area contributed by atoms with Crippen LogP contribution in [0.15, 0.2) is 23.3 Å². The number of hydrogen-bond donors (Lipinski definition) is 1. The van der Waals surface area contributed by atoms with Gasteiger partial charge in [-0.15, -0.1) is 24.0 Å². The van der Waals surface area contributed by atoms with Crippen molar-refractivity contribution in [1.29, 1.82) is 0 Å². The number of carbonyl (C=O) groups is 1. The predicted molar refractivity (Wildman–Crippen MR) is 119 cm³/mol. The van der Waals surface area contributed by atoms with Crippen LogP contribution in [0.25, 0.3) is 0 Å². The number of piperazine rings is 1. The van der Waals surface area contributed by atoms with Gasteiger partial charge >= 0.3 is 12.3 Å². The van der Waals surface area contributed by atoms with Crippen molar-refractivity contribution < 1.29 is 27.4 Å². The summed E-state index contributed by atoms with van der Waals surface area (Å²) in [6.45, 7) is 6.70. The van der Waals surface area contributed by atoms with Gasteiger partial charge in [0, 0.05) is 38.4 Å². The quantitative estimate of drug-likeness (QED) is 0.574. The van der Waals surface area contributed by atoms with E-state index < -0.39 is 18.4 Å². The summed E-state index contributed by atoms with van der Waals surface area (Å²) in [6, 6.07) is 3.23. The molecule has 1 amide bonds. The number of ether oxygens (including phenoxy) is 2. The molecule has 1 unspecified atom stereocenters. The fraction of sp³-hybridized carbons (Fsp3) is 0.632. The molecule has 1 atom stereocenters. The zero-order valence-corrected chi connectivity index (χ0v) is 19.9. The van der Waals surface area contributed by atoms with Crippen LogP contribution in [0.3, 0.4) is 0 Å². The third kappa shape index (κ3) is 7.58. The van der Waals surface area contributed by atoms with Crippen LogP contribution in [0.1, 0.15) is 26.3 Å². The van der Waals surface area contributed by atoms with Gasteiger partial charge in [0.05, 0.1) is 12.6 Å². The van der Waals surface area contributed by atoms with Crippen molar-refractivity contribution in [3.63, 3.8) is 0 Å². The van der Waals surface area contributed by atoms with Gasteiger partial charge in [-0.1, -0.05) is 0 Å². The largest absolute Gasteiger partial charge is 0.468 e. The number of hydrogen-bond acceptors (Lipinski definition) is 7. The maximum atomic E-state index is 12.3. The molecule has 2 aliphatic rings. The van der Waals surface area contributed by atoms with Crippen LogP contribution in [0.2, 0.25) is 0 Å². The fourth-order valence-electron chi connectivity index (χ4n) is 3.20. The van der Waals surface area contributed by atoms with Crippen molar-refractivity contribution in [2.24, 2.45) is 4.99 Å². The number of guanidine groups is 1. The molecule has 0 aromatic carbocycles. The van der Waals surface area contributed by atoms with E-state index in [9.17, 15) is 18.0 Å². The molecule has 8 nitrogen and oxygen atoms in total. The number of fused-ring (bicyclic) bond motifs is 1. The molecule has 0 aliphatic carbocycles. The second-order valence-electron chi connectivity index (χ2n) is 8.20. The minimum Gasteiger partial charge on any atom is -0.468 e. The number of alkyl halides is 3. The molecular weight excluding hydrogens is 530 g/mol. The first-order valence-corrected chi connectivity index (χ1v) is 9.67. The lowest BCUT2D eigenvalue weighted by atomic mass is 10.2. The highest BCUT2D eigenvalue weighted by atomic mass is 127. The second-order valence-corrected chi connectivity index (χ2v) is 8.20. The minimum absolute atomic E-state index is 0. The van der Waals surface area contributed by atoms with Crippen molar-refractivity contribution in [2.45, 2.75) is 45.1 Å². The molecule has 1 aromatic heterocycles. The molecule has 1 N–H and O–H groups in total. The first-order valence-electron chi connectivity index (χ1n) is 9.67. The summed E-state index contributed by atoms with van der Waals surface area (Å²) in [5.74, 6) is 0.627. The van der Waals surface area contributed by atoms with Gasteiger partial charge in [-0.05, 0) is 32.4 Å². The van der Waals surface area contributed by atoms with Gasteiger partial charge in [0.25, 0.3) is 0 Å². The average Bonchev–Trinajstić information content (AvgIpc) is 3.05. The summed E-state index contributed by atoms with van der Waals surface area (Å²) in [5, 5.41) is 3.21. The van der Waals surface area contributed by atoms with E-state index in [0.29, 0.717) is 38.7 Å². The molecule has 31 heavy (non-hydrogen) atoms. The Morgan fingerprint density at radius 1 is 1.29 bits per heavy atom. The van der Waals surface area contributed by atoms with Crippen molar-refractivity contribution in [3.05, 3.63) is 23.9 Å². The van der Waals surface area contributed by atoms with Crippen LogP contribution < -0.4 is 10.1 Å². The second kappa shape index (κ2) is 10.1. The lowest BCUT2D eigenvalue weighted by Gasteiger charge is -2.39. The van der Waals surface area contributed by atoms with Gasteiger partial charge in [-0.3, -0.25) is 4.99 Å². The number of nitrogens with one attached hydrogen (secondary N) is 1. The summed E-state index contributed by atoms with van der Waals surface area (Å²) in [4.78, 5) is 24.4. The standard InChI is InChI=1S/C19H26F3N5O3.HI/c1-18(2,3)30-17(28)26-6-7-27-14(11-26)10-25-16(27)24-9-13-4-5-23-15(8-13)29-12-19(20,21)22;/h4-5,8,14H,6-7,9-12H2,1-3H3,(H,24,25);1H. The number of pyridine rings is 1. The van der Waals surface area contributed by atoms with Crippen molar-refractivity contribution in [2.75, 3.05) is 32.8 Å². The molecule has 3 heterocycles. The number of carbonyl (C=O) groups excluding carboxylic acids is 1. The topological polar surface area (TPSA) is 79.3 Å². The third-order valence-corrected chi connectivity index (χ3v) is 4.49. The molecule has 1 saturated heterocycles. The van der Waals surface area contributed by atoms with Crippen molar-refractivity contribution in [1.82, 2.24) is 20.1 Å². The molecule has 0 spiro atoms. The summed E-state index contributed by atoms with van der Waals surface area (Å²) in [5.41, 5.74) is 0.182.